The van der Waals surface area contributed by atoms with Crippen molar-refractivity contribution in [3.05, 3.63) is 35.9 Å². The van der Waals surface area contributed by atoms with E-state index in [1.165, 1.54) is 5.56 Å². The molecule has 1 saturated heterocycles. The highest BCUT2D eigenvalue weighted by Gasteiger charge is 2.25. The molecule has 0 aliphatic carbocycles. The highest BCUT2D eigenvalue weighted by atomic mass is 16.5. The Kier molecular flexibility index (Phi) is 6.01. The summed E-state index contributed by atoms with van der Waals surface area (Å²) in [7, 11) is 0. The van der Waals surface area contributed by atoms with Gasteiger partial charge in [0.05, 0.1) is 6.61 Å². The van der Waals surface area contributed by atoms with Gasteiger partial charge in [-0.1, -0.05) is 51.1 Å². The lowest BCUT2D eigenvalue weighted by Gasteiger charge is -2.33. The molecule has 0 saturated carbocycles. The molecular weight excluding hydrogens is 274 g/mol. The Labute approximate surface area is 134 Å². The van der Waals surface area contributed by atoms with Crippen LogP contribution in [0, 0.1) is 11.3 Å². The van der Waals surface area contributed by atoms with E-state index >= 15 is 0 Å². The van der Waals surface area contributed by atoms with Crippen LogP contribution in [0.5, 0.6) is 0 Å². The minimum Gasteiger partial charge on any atom is -0.376 e. The van der Waals surface area contributed by atoms with E-state index in [1.807, 2.05) is 23.1 Å². The van der Waals surface area contributed by atoms with Crippen LogP contribution in [0.4, 0.5) is 0 Å². The Morgan fingerprint density at radius 3 is 2.41 bits per heavy atom. The molecule has 1 aromatic carbocycles. The number of ether oxygens (including phenoxy) is 1. The molecule has 1 heterocycles. The molecule has 1 aliphatic heterocycles. The molecule has 0 unspecified atom stereocenters. The summed E-state index contributed by atoms with van der Waals surface area (Å²) in [5, 5.41) is 0. The van der Waals surface area contributed by atoms with Crippen LogP contribution in [0.15, 0.2) is 30.3 Å². The van der Waals surface area contributed by atoms with Crippen molar-refractivity contribution in [2.24, 2.45) is 11.3 Å². The third-order valence-corrected chi connectivity index (χ3v) is 4.11. The van der Waals surface area contributed by atoms with Crippen molar-refractivity contribution in [3.63, 3.8) is 0 Å². The normalized spacial score (nSPS) is 16.8. The van der Waals surface area contributed by atoms with Gasteiger partial charge in [0.15, 0.2) is 0 Å². The molecule has 0 bridgehead atoms. The van der Waals surface area contributed by atoms with Gasteiger partial charge in [-0.2, -0.15) is 0 Å². The average Bonchev–Trinajstić information content (AvgIpc) is 2.47. The van der Waals surface area contributed by atoms with Gasteiger partial charge in [0.2, 0.25) is 5.91 Å². The van der Waals surface area contributed by atoms with Gasteiger partial charge in [0.25, 0.3) is 0 Å². The third kappa shape index (κ3) is 5.80. The van der Waals surface area contributed by atoms with Gasteiger partial charge >= 0.3 is 0 Å². The van der Waals surface area contributed by atoms with Crippen LogP contribution in [0.25, 0.3) is 0 Å². The van der Waals surface area contributed by atoms with E-state index in [1.54, 1.807) is 0 Å². The second kappa shape index (κ2) is 7.77. The standard InChI is InChI=1S/C19H29NO2/c1-19(2,3)13-18(21)20-11-9-17(10-12-20)15-22-14-16-7-5-4-6-8-16/h4-8,17H,9-15H2,1-3H3. The summed E-state index contributed by atoms with van der Waals surface area (Å²) in [5.41, 5.74) is 1.30. The minimum atomic E-state index is 0.0761. The van der Waals surface area contributed by atoms with E-state index in [4.69, 9.17) is 4.74 Å². The van der Waals surface area contributed by atoms with Gasteiger partial charge in [-0.15, -0.1) is 0 Å². The fourth-order valence-electron chi connectivity index (χ4n) is 2.83. The summed E-state index contributed by atoms with van der Waals surface area (Å²) in [4.78, 5) is 14.2. The maximum Gasteiger partial charge on any atom is 0.223 e. The highest BCUT2D eigenvalue weighted by molar-refractivity contribution is 5.76. The number of hydrogen-bond donors (Lipinski definition) is 0. The van der Waals surface area contributed by atoms with Crippen LogP contribution in [0.3, 0.4) is 0 Å². The predicted molar refractivity (Wildman–Crippen MR) is 89.5 cm³/mol. The number of nitrogens with zero attached hydrogens (tertiary/aromatic N) is 1. The summed E-state index contributed by atoms with van der Waals surface area (Å²) in [6.45, 7) is 9.61. The van der Waals surface area contributed by atoms with E-state index in [-0.39, 0.29) is 5.41 Å². The summed E-state index contributed by atoms with van der Waals surface area (Å²) < 4.78 is 5.83. The quantitative estimate of drug-likeness (QED) is 0.826. The summed E-state index contributed by atoms with van der Waals surface area (Å²) in [6.07, 6.45) is 2.76. The smallest absolute Gasteiger partial charge is 0.223 e. The van der Waals surface area contributed by atoms with Crippen LogP contribution >= 0.6 is 0 Å². The van der Waals surface area contributed by atoms with E-state index in [0.29, 0.717) is 24.9 Å². The number of piperidine rings is 1. The fourth-order valence-corrected chi connectivity index (χ4v) is 2.83. The van der Waals surface area contributed by atoms with Crippen molar-refractivity contribution < 1.29 is 9.53 Å². The largest absolute Gasteiger partial charge is 0.376 e. The predicted octanol–water partition coefficient (Wildman–Crippen LogP) is 3.88. The molecule has 3 heteroatoms. The number of carbonyl (C=O) groups excluding carboxylic acids is 1. The lowest BCUT2D eigenvalue weighted by molar-refractivity contribution is -0.134. The van der Waals surface area contributed by atoms with Crippen molar-refractivity contribution in [3.8, 4) is 0 Å². The Bertz CT molecular complexity index is 456. The van der Waals surface area contributed by atoms with Crippen molar-refractivity contribution in [1.82, 2.24) is 4.90 Å². The number of hydrogen-bond acceptors (Lipinski definition) is 2. The Balaban J connectivity index is 1.66. The van der Waals surface area contributed by atoms with Gasteiger partial charge in [-0.05, 0) is 29.7 Å². The van der Waals surface area contributed by atoms with E-state index in [9.17, 15) is 4.79 Å². The molecule has 1 aromatic rings. The third-order valence-electron chi connectivity index (χ3n) is 4.11. The summed E-state index contributed by atoms with van der Waals surface area (Å²) in [6, 6.07) is 10.3. The number of amides is 1. The van der Waals surface area contributed by atoms with Gasteiger partial charge < -0.3 is 9.64 Å². The average molecular weight is 303 g/mol. The SMILES string of the molecule is CC(C)(C)CC(=O)N1CCC(COCc2ccccc2)CC1. The van der Waals surface area contributed by atoms with E-state index in [2.05, 4.69) is 32.9 Å². The molecule has 0 spiro atoms. The Hall–Kier alpha value is -1.35. The molecule has 122 valence electrons. The first-order chi connectivity index (χ1) is 10.4. The van der Waals surface area contributed by atoms with Gasteiger partial charge in [0.1, 0.15) is 0 Å². The maximum atomic E-state index is 12.2. The first-order valence-electron chi connectivity index (χ1n) is 8.33. The lowest BCUT2D eigenvalue weighted by atomic mass is 9.90. The number of rotatable bonds is 5. The van der Waals surface area contributed by atoms with Crippen molar-refractivity contribution in [1.29, 1.82) is 0 Å². The van der Waals surface area contributed by atoms with Crippen molar-refractivity contribution in [2.45, 2.75) is 46.6 Å². The molecule has 1 aliphatic rings. The molecule has 22 heavy (non-hydrogen) atoms. The van der Waals surface area contributed by atoms with Crippen LogP contribution in [0.1, 0.15) is 45.6 Å². The van der Waals surface area contributed by atoms with E-state index in [0.717, 1.165) is 32.5 Å². The zero-order chi connectivity index (χ0) is 16.0. The van der Waals surface area contributed by atoms with Crippen LogP contribution in [0.2, 0.25) is 0 Å². The lowest BCUT2D eigenvalue weighted by Crippen LogP contribution is -2.40. The molecular formula is C19H29NO2. The number of benzene rings is 1. The zero-order valence-corrected chi connectivity index (χ0v) is 14.2. The Morgan fingerprint density at radius 2 is 1.82 bits per heavy atom. The monoisotopic (exact) mass is 303 g/mol. The molecule has 0 aromatic heterocycles. The highest BCUT2D eigenvalue weighted by Crippen LogP contribution is 2.23. The van der Waals surface area contributed by atoms with Gasteiger partial charge in [-0.3, -0.25) is 4.79 Å². The zero-order valence-electron chi connectivity index (χ0n) is 14.2. The second-order valence-electron chi connectivity index (χ2n) is 7.56. The van der Waals surface area contributed by atoms with Crippen molar-refractivity contribution in [2.75, 3.05) is 19.7 Å². The van der Waals surface area contributed by atoms with Crippen LogP contribution in [-0.2, 0) is 16.1 Å². The van der Waals surface area contributed by atoms with Gasteiger partial charge in [-0.25, -0.2) is 0 Å². The minimum absolute atomic E-state index is 0.0761. The molecule has 2 rings (SSSR count). The maximum absolute atomic E-state index is 12.2. The molecule has 0 radical (unpaired) electrons. The molecule has 0 N–H and O–H groups in total. The van der Waals surface area contributed by atoms with Gasteiger partial charge in [0, 0.05) is 26.1 Å². The Morgan fingerprint density at radius 1 is 1.18 bits per heavy atom. The molecule has 1 fully saturated rings. The summed E-state index contributed by atoms with van der Waals surface area (Å²) >= 11 is 0. The molecule has 0 atom stereocenters. The fraction of sp³-hybridized carbons (Fsp3) is 0.632. The first kappa shape index (κ1) is 17.0. The first-order valence-corrected chi connectivity index (χ1v) is 8.33. The van der Waals surface area contributed by atoms with Crippen LogP contribution < -0.4 is 0 Å². The van der Waals surface area contributed by atoms with E-state index < -0.39 is 0 Å². The number of carbonyl (C=O) groups is 1. The molecule has 3 nitrogen and oxygen atoms in total. The van der Waals surface area contributed by atoms with Crippen molar-refractivity contribution >= 4 is 5.91 Å². The number of likely N-dealkylation sites (tertiary alicyclic amines) is 1. The second-order valence-corrected chi connectivity index (χ2v) is 7.56. The molecule has 1 amide bonds. The topological polar surface area (TPSA) is 29.5 Å². The van der Waals surface area contributed by atoms with Crippen LogP contribution in [-0.4, -0.2) is 30.5 Å². The summed E-state index contributed by atoms with van der Waals surface area (Å²) in [5.74, 6) is 0.888.